The molecule has 0 spiro atoms. The first-order chi connectivity index (χ1) is 12.6. The summed E-state index contributed by atoms with van der Waals surface area (Å²) in [5.41, 5.74) is 2.58. The minimum Gasteiger partial charge on any atom is -0.408 e. The van der Waals surface area contributed by atoms with Gasteiger partial charge in [-0.3, -0.25) is 14.2 Å². The van der Waals surface area contributed by atoms with E-state index >= 15 is 0 Å². The van der Waals surface area contributed by atoms with E-state index in [1.165, 1.54) is 9.47 Å². The molecular weight excluding hydrogens is 334 g/mol. The summed E-state index contributed by atoms with van der Waals surface area (Å²) in [5.74, 6) is -0.788. The monoisotopic (exact) mass is 351 g/mol. The van der Waals surface area contributed by atoms with Crippen molar-refractivity contribution in [2.24, 2.45) is 0 Å². The number of hydrogen-bond acceptors (Lipinski definition) is 4. The maximum Gasteiger partial charge on any atom is 0.419 e. The van der Waals surface area contributed by atoms with Crippen LogP contribution in [0.5, 0.6) is 0 Å². The van der Waals surface area contributed by atoms with Gasteiger partial charge in [-0.05, 0) is 30.7 Å². The standard InChI is InChI=1S/C19H17N3O4/c23-17-12-22(14-7-2-1-6-13(14)20-17)18(24)10-5-11-21-15-8-3-4-9-16(15)26-19(21)25/h1-4,6-9H,5,10-12H2,(H,20,23). The number of nitrogens with zero attached hydrogens (tertiary/aromatic N) is 2. The lowest BCUT2D eigenvalue weighted by molar-refractivity contribution is -0.122. The number of rotatable bonds is 4. The fourth-order valence-corrected chi connectivity index (χ4v) is 3.20. The topological polar surface area (TPSA) is 84.6 Å². The van der Waals surface area contributed by atoms with Gasteiger partial charge in [0.2, 0.25) is 11.8 Å². The number of hydrogen-bond donors (Lipinski definition) is 1. The summed E-state index contributed by atoms with van der Waals surface area (Å²) in [5, 5.41) is 2.76. The van der Waals surface area contributed by atoms with Crippen LogP contribution in [-0.4, -0.2) is 22.9 Å². The third-order valence-electron chi connectivity index (χ3n) is 4.42. The molecule has 2 aromatic carbocycles. The molecule has 2 heterocycles. The largest absolute Gasteiger partial charge is 0.419 e. The van der Waals surface area contributed by atoms with Gasteiger partial charge in [0.25, 0.3) is 0 Å². The fourth-order valence-electron chi connectivity index (χ4n) is 3.20. The third-order valence-corrected chi connectivity index (χ3v) is 4.42. The summed E-state index contributed by atoms with van der Waals surface area (Å²) in [7, 11) is 0. The predicted molar refractivity (Wildman–Crippen MR) is 97.1 cm³/mol. The van der Waals surface area contributed by atoms with Crippen molar-refractivity contribution < 1.29 is 14.0 Å². The first-order valence-electron chi connectivity index (χ1n) is 8.41. The van der Waals surface area contributed by atoms with Crippen molar-refractivity contribution in [1.82, 2.24) is 4.57 Å². The van der Waals surface area contributed by atoms with Crippen molar-refractivity contribution in [3.63, 3.8) is 0 Å². The molecule has 7 heteroatoms. The molecule has 0 aliphatic carbocycles. The first kappa shape index (κ1) is 16.1. The molecule has 0 fully saturated rings. The lowest BCUT2D eigenvalue weighted by Crippen LogP contribution is -2.42. The maximum absolute atomic E-state index is 12.6. The van der Waals surface area contributed by atoms with Crippen LogP contribution in [-0.2, 0) is 16.1 Å². The Labute approximate surface area is 148 Å². The van der Waals surface area contributed by atoms with Crippen LogP contribution in [0.25, 0.3) is 11.1 Å². The molecule has 0 atom stereocenters. The molecule has 0 saturated heterocycles. The van der Waals surface area contributed by atoms with E-state index in [1.54, 1.807) is 24.3 Å². The normalized spacial score (nSPS) is 13.5. The molecule has 0 unspecified atom stereocenters. The Morgan fingerprint density at radius 2 is 1.85 bits per heavy atom. The van der Waals surface area contributed by atoms with Gasteiger partial charge in [0, 0.05) is 13.0 Å². The SMILES string of the molecule is O=C1CN(C(=O)CCCn2c(=O)oc3ccccc32)c2ccccc2N1. The van der Waals surface area contributed by atoms with Crippen molar-refractivity contribution in [2.75, 3.05) is 16.8 Å². The van der Waals surface area contributed by atoms with Gasteiger partial charge < -0.3 is 14.6 Å². The lowest BCUT2D eigenvalue weighted by atomic mass is 10.1. The molecule has 7 nitrogen and oxygen atoms in total. The van der Waals surface area contributed by atoms with Gasteiger partial charge in [-0.15, -0.1) is 0 Å². The number of oxazole rings is 1. The number of nitrogens with one attached hydrogen (secondary N) is 1. The molecule has 26 heavy (non-hydrogen) atoms. The van der Waals surface area contributed by atoms with Crippen LogP contribution in [0, 0.1) is 0 Å². The molecule has 0 bridgehead atoms. The van der Waals surface area contributed by atoms with E-state index in [2.05, 4.69) is 5.32 Å². The number of anilines is 2. The predicted octanol–water partition coefficient (Wildman–Crippen LogP) is 2.36. The molecule has 1 aromatic heterocycles. The lowest BCUT2D eigenvalue weighted by Gasteiger charge is -2.29. The van der Waals surface area contributed by atoms with Crippen LogP contribution in [0.4, 0.5) is 11.4 Å². The molecule has 132 valence electrons. The molecule has 3 aromatic rings. The Morgan fingerprint density at radius 1 is 1.08 bits per heavy atom. The Morgan fingerprint density at radius 3 is 2.73 bits per heavy atom. The van der Waals surface area contributed by atoms with Crippen LogP contribution in [0.3, 0.4) is 0 Å². The summed E-state index contributed by atoms with van der Waals surface area (Å²) in [4.78, 5) is 37.9. The van der Waals surface area contributed by atoms with Crippen molar-refractivity contribution in [2.45, 2.75) is 19.4 Å². The Bertz CT molecular complexity index is 1050. The van der Waals surface area contributed by atoms with Crippen LogP contribution >= 0.6 is 0 Å². The molecule has 1 aliphatic heterocycles. The highest BCUT2D eigenvalue weighted by Gasteiger charge is 2.26. The zero-order valence-electron chi connectivity index (χ0n) is 14.0. The van der Waals surface area contributed by atoms with Crippen molar-refractivity contribution >= 4 is 34.3 Å². The number of aromatic nitrogens is 1. The number of aryl methyl sites for hydroxylation is 1. The van der Waals surface area contributed by atoms with Gasteiger partial charge in [0.15, 0.2) is 5.58 Å². The van der Waals surface area contributed by atoms with Gasteiger partial charge in [0.05, 0.1) is 16.9 Å². The highest BCUT2D eigenvalue weighted by atomic mass is 16.4. The average molecular weight is 351 g/mol. The summed E-state index contributed by atoms with van der Waals surface area (Å²) >= 11 is 0. The van der Waals surface area contributed by atoms with Gasteiger partial charge in [0.1, 0.15) is 6.54 Å². The minimum atomic E-state index is -0.429. The number of carbonyl (C=O) groups is 2. The summed E-state index contributed by atoms with van der Waals surface area (Å²) in [6, 6.07) is 14.4. The van der Waals surface area contributed by atoms with Crippen LogP contribution in [0.2, 0.25) is 0 Å². The highest BCUT2D eigenvalue weighted by Crippen LogP contribution is 2.29. The minimum absolute atomic E-state index is 0.00440. The quantitative estimate of drug-likeness (QED) is 0.782. The van der Waals surface area contributed by atoms with E-state index in [0.717, 1.165) is 0 Å². The fraction of sp³-hybridized carbons (Fsp3) is 0.211. The molecular formula is C19H17N3O4. The van der Waals surface area contributed by atoms with E-state index < -0.39 is 5.76 Å². The zero-order valence-corrected chi connectivity index (χ0v) is 14.0. The highest BCUT2D eigenvalue weighted by molar-refractivity contribution is 6.09. The summed E-state index contributed by atoms with van der Waals surface area (Å²) in [6.45, 7) is 0.383. The smallest absolute Gasteiger partial charge is 0.408 e. The third kappa shape index (κ3) is 2.88. The number of amides is 2. The van der Waals surface area contributed by atoms with Crippen molar-refractivity contribution in [1.29, 1.82) is 0 Å². The van der Waals surface area contributed by atoms with E-state index in [1.807, 2.05) is 24.3 Å². The van der Waals surface area contributed by atoms with Crippen LogP contribution < -0.4 is 16.0 Å². The first-order valence-corrected chi connectivity index (χ1v) is 8.41. The number of para-hydroxylation sites is 4. The Kier molecular flexibility index (Phi) is 4.04. The average Bonchev–Trinajstić information content (AvgIpc) is 2.96. The van der Waals surface area contributed by atoms with E-state index in [0.29, 0.717) is 35.4 Å². The molecule has 4 rings (SSSR count). The molecule has 0 saturated carbocycles. The second-order valence-electron chi connectivity index (χ2n) is 6.14. The van der Waals surface area contributed by atoms with Crippen LogP contribution in [0.1, 0.15) is 12.8 Å². The van der Waals surface area contributed by atoms with E-state index in [4.69, 9.17) is 4.42 Å². The number of fused-ring (bicyclic) bond motifs is 2. The van der Waals surface area contributed by atoms with Crippen molar-refractivity contribution in [3.05, 3.63) is 59.1 Å². The molecule has 0 radical (unpaired) electrons. The molecule has 1 N–H and O–H groups in total. The zero-order chi connectivity index (χ0) is 18.1. The summed E-state index contributed by atoms with van der Waals surface area (Å²) in [6.07, 6.45) is 0.704. The van der Waals surface area contributed by atoms with Crippen molar-refractivity contribution in [3.8, 4) is 0 Å². The Balaban J connectivity index is 1.47. The summed E-state index contributed by atoms with van der Waals surface area (Å²) < 4.78 is 6.72. The molecule has 1 aliphatic rings. The van der Waals surface area contributed by atoms with Gasteiger partial charge in [-0.2, -0.15) is 0 Å². The number of carbonyl (C=O) groups excluding carboxylic acids is 2. The number of benzene rings is 2. The Hall–Kier alpha value is -3.35. The van der Waals surface area contributed by atoms with E-state index in [-0.39, 0.29) is 24.8 Å². The van der Waals surface area contributed by atoms with Crippen LogP contribution in [0.15, 0.2) is 57.7 Å². The van der Waals surface area contributed by atoms with E-state index in [9.17, 15) is 14.4 Å². The van der Waals surface area contributed by atoms with Gasteiger partial charge >= 0.3 is 5.76 Å². The van der Waals surface area contributed by atoms with Gasteiger partial charge in [-0.1, -0.05) is 24.3 Å². The second kappa shape index (κ2) is 6.51. The van der Waals surface area contributed by atoms with Gasteiger partial charge in [-0.25, -0.2) is 4.79 Å². The maximum atomic E-state index is 12.6. The molecule has 2 amide bonds. The second-order valence-corrected chi connectivity index (χ2v) is 6.14.